The van der Waals surface area contributed by atoms with Crippen LogP contribution in [0, 0.1) is 11.3 Å². The Labute approximate surface area is 131 Å². The molecule has 1 saturated carbocycles. The molecule has 0 bridgehead atoms. The van der Waals surface area contributed by atoms with Crippen LogP contribution in [0.4, 0.5) is 0 Å². The molecule has 1 aliphatic carbocycles. The molecule has 0 aromatic rings. The van der Waals surface area contributed by atoms with Crippen molar-refractivity contribution < 1.29 is 9.47 Å². The minimum Gasteiger partial charge on any atom is -0.379 e. The molecule has 0 spiro atoms. The largest absolute Gasteiger partial charge is 0.379 e. The molecule has 0 radical (unpaired) electrons. The van der Waals surface area contributed by atoms with Gasteiger partial charge in [-0.15, -0.1) is 0 Å². The van der Waals surface area contributed by atoms with Gasteiger partial charge in [0.05, 0.1) is 11.7 Å². The van der Waals surface area contributed by atoms with Crippen LogP contribution in [-0.2, 0) is 9.47 Å². The molecule has 2 atom stereocenters. The molecule has 1 aliphatic heterocycles. The summed E-state index contributed by atoms with van der Waals surface area (Å²) in [6.45, 7) is 13.1. The molecule has 0 aromatic heterocycles. The van der Waals surface area contributed by atoms with Gasteiger partial charge in [0.1, 0.15) is 0 Å². The minimum absolute atomic E-state index is 0.0363. The van der Waals surface area contributed by atoms with E-state index < -0.39 is 0 Å². The lowest BCUT2D eigenvalue weighted by atomic mass is 9.73. The van der Waals surface area contributed by atoms with Crippen LogP contribution in [0.25, 0.3) is 0 Å². The van der Waals surface area contributed by atoms with E-state index in [0.29, 0.717) is 11.5 Å². The molecule has 124 valence electrons. The Morgan fingerprint density at radius 2 is 1.86 bits per heavy atom. The smallest absolute Gasteiger partial charge is 0.0672 e. The molecule has 0 aromatic carbocycles. The highest BCUT2D eigenvalue weighted by Gasteiger charge is 2.51. The Hall–Kier alpha value is -0.120. The fourth-order valence-corrected chi connectivity index (χ4v) is 3.38. The summed E-state index contributed by atoms with van der Waals surface area (Å²) in [6, 6.07) is 0. The van der Waals surface area contributed by atoms with Crippen LogP contribution in [0.15, 0.2) is 0 Å². The lowest BCUT2D eigenvalue weighted by Crippen LogP contribution is -2.48. The standard InChI is InChI=1S/C18H35NO2/c1-16(2,3)19-13-18(10-9-17(4,5)20-6)11-12-21-15(18)14-7-8-14/h14-15,19H,7-13H2,1-6H3. The summed E-state index contributed by atoms with van der Waals surface area (Å²) >= 11 is 0. The summed E-state index contributed by atoms with van der Waals surface area (Å²) in [5, 5.41) is 3.75. The second-order valence-electron chi connectivity index (χ2n) is 8.81. The van der Waals surface area contributed by atoms with Crippen molar-refractivity contribution in [1.29, 1.82) is 0 Å². The predicted molar refractivity (Wildman–Crippen MR) is 87.6 cm³/mol. The topological polar surface area (TPSA) is 30.5 Å². The maximum Gasteiger partial charge on any atom is 0.0672 e. The van der Waals surface area contributed by atoms with Crippen LogP contribution in [-0.4, -0.2) is 37.5 Å². The number of nitrogens with one attached hydrogen (secondary N) is 1. The molecule has 0 amide bonds. The highest BCUT2D eigenvalue weighted by molar-refractivity contribution is 5.02. The van der Waals surface area contributed by atoms with Crippen molar-refractivity contribution in [2.45, 2.75) is 84.0 Å². The summed E-state index contributed by atoms with van der Waals surface area (Å²) in [5.41, 5.74) is 0.427. The second kappa shape index (κ2) is 6.17. The van der Waals surface area contributed by atoms with Crippen LogP contribution in [0.3, 0.4) is 0 Å². The summed E-state index contributed by atoms with van der Waals surface area (Å²) in [4.78, 5) is 0. The van der Waals surface area contributed by atoms with Gasteiger partial charge in [-0.3, -0.25) is 0 Å². The zero-order chi connectivity index (χ0) is 15.7. The van der Waals surface area contributed by atoms with Crippen molar-refractivity contribution in [3.05, 3.63) is 0 Å². The van der Waals surface area contributed by atoms with Gasteiger partial charge in [0, 0.05) is 31.2 Å². The molecule has 3 heteroatoms. The molecule has 21 heavy (non-hydrogen) atoms. The Morgan fingerprint density at radius 1 is 1.19 bits per heavy atom. The Kier molecular flexibility index (Phi) is 5.07. The van der Waals surface area contributed by atoms with E-state index in [0.717, 1.165) is 25.5 Å². The van der Waals surface area contributed by atoms with Gasteiger partial charge in [-0.2, -0.15) is 0 Å². The summed E-state index contributed by atoms with van der Waals surface area (Å²) in [6.07, 6.45) is 6.66. The molecule has 2 aliphatic rings. The molecule has 2 fully saturated rings. The molecule has 1 saturated heterocycles. The van der Waals surface area contributed by atoms with E-state index in [1.165, 1.54) is 25.7 Å². The predicted octanol–water partition coefficient (Wildman–Crippen LogP) is 3.77. The first kappa shape index (κ1) is 17.2. The molecule has 2 unspecified atom stereocenters. The van der Waals surface area contributed by atoms with E-state index in [1.54, 1.807) is 0 Å². The fraction of sp³-hybridized carbons (Fsp3) is 1.00. The number of methoxy groups -OCH3 is 1. The number of hydrogen-bond donors (Lipinski definition) is 1. The molecule has 3 nitrogen and oxygen atoms in total. The van der Waals surface area contributed by atoms with Crippen LogP contribution in [0.1, 0.15) is 66.7 Å². The van der Waals surface area contributed by atoms with Gasteiger partial charge >= 0.3 is 0 Å². The molecular weight excluding hydrogens is 262 g/mol. The first-order valence-electron chi connectivity index (χ1n) is 8.59. The van der Waals surface area contributed by atoms with E-state index in [9.17, 15) is 0 Å². The Morgan fingerprint density at radius 3 is 2.38 bits per heavy atom. The highest BCUT2D eigenvalue weighted by atomic mass is 16.5. The number of hydrogen-bond acceptors (Lipinski definition) is 3. The molecule has 2 rings (SSSR count). The van der Waals surface area contributed by atoms with E-state index in [-0.39, 0.29) is 11.1 Å². The van der Waals surface area contributed by atoms with E-state index >= 15 is 0 Å². The minimum atomic E-state index is -0.0363. The monoisotopic (exact) mass is 297 g/mol. The normalized spacial score (nSPS) is 30.9. The van der Waals surface area contributed by atoms with Crippen molar-refractivity contribution in [3.8, 4) is 0 Å². The zero-order valence-corrected chi connectivity index (χ0v) is 14.9. The van der Waals surface area contributed by atoms with Crippen LogP contribution in [0.2, 0.25) is 0 Å². The molecular formula is C18H35NO2. The first-order valence-corrected chi connectivity index (χ1v) is 8.59. The number of ether oxygens (including phenoxy) is 2. The third kappa shape index (κ3) is 4.67. The molecule has 1 N–H and O–H groups in total. The maximum absolute atomic E-state index is 6.18. The summed E-state index contributed by atoms with van der Waals surface area (Å²) < 4.78 is 11.8. The lowest BCUT2D eigenvalue weighted by molar-refractivity contribution is -0.0173. The Bertz CT molecular complexity index is 344. The van der Waals surface area contributed by atoms with Crippen molar-refractivity contribution in [3.63, 3.8) is 0 Å². The van der Waals surface area contributed by atoms with Crippen LogP contribution < -0.4 is 5.32 Å². The zero-order valence-electron chi connectivity index (χ0n) is 14.9. The SMILES string of the molecule is COC(C)(C)CCC1(CNC(C)(C)C)CCOC1C1CC1. The van der Waals surface area contributed by atoms with Gasteiger partial charge in [0.25, 0.3) is 0 Å². The highest BCUT2D eigenvalue weighted by Crippen LogP contribution is 2.50. The van der Waals surface area contributed by atoms with Crippen LogP contribution >= 0.6 is 0 Å². The van der Waals surface area contributed by atoms with Gasteiger partial charge in [0.15, 0.2) is 0 Å². The van der Waals surface area contributed by atoms with Crippen molar-refractivity contribution in [2.24, 2.45) is 11.3 Å². The summed E-state index contributed by atoms with van der Waals surface area (Å²) in [7, 11) is 1.82. The first-order chi connectivity index (χ1) is 9.68. The molecule has 1 heterocycles. The van der Waals surface area contributed by atoms with Crippen molar-refractivity contribution in [2.75, 3.05) is 20.3 Å². The van der Waals surface area contributed by atoms with Crippen LogP contribution in [0.5, 0.6) is 0 Å². The van der Waals surface area contributed by atoms with Crippen molar-refractivity contribution >= 4 is 0 Å². The maximum atomic E-state index is 6.18. The fourth-order valence-electron chi connectivity index (χ4n) is 3.38. The third-order valence-electron chi connectivity index (χ3n) is 5.30. The van der Waals surface area contributed by atoms with Gasteiger partial charge in [-0.1, -0.05) is 0 Å². The van der Waals surface area contributed by atoms with Gasteiger partial charge in [-0.05, 0) is 72.6 Å². The number of rotatable bonds is 7. The van der Waals surface area contributed by atoms with Crippen molar-refractivity contribution in [1.82, 2.24) is 5.32 Å². The average molecular weight is 297 g/mol. The van der Waals surface area contributed by atoms with E-state index in [1.807, 2.05) is 7.11 Å². The van der Waals surface area contributed by atoms with Gasteiger partial charge < -0.3 is 14.8 Å². The third-order valence-corrected chi connectivity index (χ3v) is 5.30. The Balaban J connectivity index is 2.06. The van der Waals surface area contributed by atoms with Gasteiger partial charge in [-0.25, -0.2) is 0 Å². The lowest BCUT2D eigenvalue weighted by Gasteiger charge is -2.39. The van der Waals surface area contributed by atoms with E-state index in [4.69, 9.17) is 9.47 Å². The van der Waals surface area contributed by atoms with Gasteiger partial charge in [0.2, 0.25) is 0 Å². The second-order valence-corrected chi connectivity index (χ2v) is 8.81. The van der Waals surface area contributed by atoms with E-state index in [2.05, 4.69) is 39.9 Å². The average Bonchev–Trinajstić information content (AvgIpc) is 3.15. The summed E-state index contributed by atoms with van der Waals surface area (Å²) in [5.74, 6) is 0.805. The quantitative estimate of drug-likeness (QED) is 0.776.